The lowest BCUT2D eigenvalue weighted by Gasteiger charge is -2.21. The second kappa shape index (κ2) is 3.92. The number of rotatable bonds is 1. The van der Waals surface area contributed by atoms with Crippen LogP contribution >= 0.6 is 0 Å². The number of nitrogens with zero attached hydrogens (tertiary/aromatic N) is 2. The van der Waals surface area contributed by atoms with Crippen LogP contribution < -0.4 is 5.32 Å². The normalized spacial score (nSPS) is 20.7. The van der Waals surface area contributed by atoms with Gasteiger partial charge in [-0.1, -0.05) is 5.16 Å². The quantitative estimate of drug-likeness (QED) is 0.761. The Balaban J connectivity index is 2.18. The van der Waals surface area contributed by atoms with Crippen LogP contribution in [0, 0.1) is 6.92 Å². The van der Waals surface area contributed by atoms with Crippen LogP contribution in [0.3, 0.4) is 0 Å². The van der Waals surface area contributed by atoms with Crippen molar-refractivity contribution in [2.24, 2.45) is 0 Å². The van der Waals surface area contributed by atoms with Crippen LogP contribution in [0.4, 0.5) is 4.79 Å². The molecule has 0 aromatic carbocycles. The van der Waals surface area contributed by atoms with Crippen LogP contribution in [-0.4, -0.2) is 29.7 Å². The van der Waals surface area contributed by atoms with Crippen LogP contribution in [0.25, 0.3) is 0 Å². The molecule has 2 rings (SSSR count). The van der Waals surface area contributed by atoms with E-state index in [-0.39, 0.29) is 12.1 Å². The van der Waals surface area contributed by atoms with Gasteiger partial charge in [0.1, 0.15) is 0 Å². The summed E-state index contributed by atoms with van der Waals surface area (Å²) in [5, 5.41) is 6.49. The molecule has 0 saturated carbocycles. The molecule has 1 aromatic heterocycles. The number of aromatic nitrogens is 1. The van der Waals surface area contributed by atoms with Crippen LogP contribution in [0.2, 0.25) is 0 Å². The lowest BCUT2D eigenvalue weighted by Crippen LogP contribution is -2.37. The Labute approximate surface area is 88.4 Å². The molecule has 1 saturated heterocycles. The zero-order valence-electron chi connectivity index (χ0n) is 8.99. The highest BCUT2D eigenvalue weighted by Crippen LogP contribution is 2.31. The molecule has 1 aliphatic heterocycles. The molecule has 5 heteroatoms. The summed E-state index contributed by atoms with van der Waals surface area (Å²) in [6.45, 7) is 2.66. The maximum Gasteiger partial charge on any atom is 0.317 e. The molecule has 2 amide bonds. The maximum absolute atomic E-state index is 11.6. The average molecular weight is 209 g/mol. The fourth-order valence-electron chi connectivity index (χ4n) is 1.99. The predicted molar refractivity (Wildman–Crippen MR) is 54.4 cm³/mol. The molecule has 1 aliphatic rings. The SMILES string of the molecule is CNC(=O)N1CCC[C@@H]1c1cc(C)no1. The standard InChI is InChI=1S/C10H15N3O2/c1-7-6-9(15-12-7)8-4-3-5-13(8)10(14)11-2/h6,8H,3-5H2,1-2H3,(H,11,14)/t8-/m1/s1. The summed E-state index contributed by atoms with van der Waals surface area (Å²) < 4.78 is 5.20. The summed E-state index contributed by atoms with van der Waals surface area (Å²) in [6, 6.07) is 1.89. The Kier molecular flexibility index (Phi) is 2.62. The van der Waals surface area contributed by atoms with Crippen molar-refractivity contribution in [3.63, 3.8) is 0 Å². The van der Waals surface area contributed by atoms with Gasteiger partial charge in [0.2, 0.25) is 0 Å². The van der Waals surface area contributed by atoms with Gasteiger partial charge in [-0.15, -0.1) is 0 Å². The van der Waals surface area contributed by atoms with Gasteiger partial charge in [0.05, 0.1) is 11.7 Å². The van der Waals surface area contributed by atoms with Gasteiger partial charge in [0.15, 0.2) is 5.76 Å². The Morgan fingerprint density at radius 3 is 3.13 bits per heavy atom. The minimum absolute atomic E-state index is 0.0474. The third kappa shape index (κ3) is 1.82. The Morgan fingerprint density at radius 2 is 2.53 bits per heavy atom. The minimum Gasteiger partial charge on any atom is -0.359 e. The van der Waals surface area contributed by atoms with Crippen LogP contribution in [0.1, 0.15) is 30.3 Å². The summed E-state index contributed by atoms with van der Waals surface area (Å²) >= 11 is 0. The van der Waals surface area contributed by atoms with Gasteiger partial charge in [-0.2, -0.15) is 0 Å². The van der Waals surface area contributed by atoms with Gasteiger partial charge in [-0.05, 0) is 19.8 Å². The molecule has 0 unspecified atom stereocenters. The Morgan fingerprint density at radius 1 is 1.73 bits per heavy atom. The first kappa shape index (κ1) is 10.0. The van der Waals surface area contributed by atoms with Crippen molar-refractivity contribution in [1.82, 2.24) is 15.4 Å². The average Bonchev–Trinajstić information content (AvgIpc) is 2.84. The number of carbonyl (C=O) groups is 1. The van der Waals surface area contributed by atoms with Gasteiger partial charge < -0.3 is 14.7 Å². The van der Waals surface area contributed by atoms with Crippen molar-refractivity contribution in [1.29, 1.82) is 0 Å². The summed E-state index contributed by atoms with van der Waals surface area (Å²) in [7, 11) is 1.64. The number of likely N-dealkylation sites (tertiary alicyclic amines) is 1. The first-order valence-corrected chi connectivity index (χ1v) is 5.14. The molecule has 82 valence electrons. The molecule has 1 fully saturated rings. The van der Waals surface area contributed by atoms with Crippen molar-refractivity contribution in [3.8, 4) is 0 Å². The molecule has 0 radical (unpaired) electrons. The topological polar surface area (TPSA) is 58.4 Å². The molecule has 1 atom stereocenters. The van der Waals surface area contributed by atoms with Crippen molar-refractivity contribution in [2.75, 3.05) is 13.6 Å². The Hall–Kier alpha value is -1.52. The van der Waals surface area contributed by atoms with Gasteiger partial charge in [0.25, 0.3) is 0 Å². The first-order chi connectivity index (χ1) is 7.22. The van der Waals surface area contributed by atoms with Crippen molar-refractivity contribution in [2.45, 2.75) is 25.8 Å². The third-order valence-electron chi connectivity index (χ3n) is 2.70. The molecule has 15 heavy (non-hydrogen) atoms. The highest BCUT2D eigenvalue weighted by molar-refractivity contribution is 5.74. The zero-order valence-corrected chi connectivity index (χ0v) is 8.99. The van der Waals surface area contributed by atoms with E-state index in [9.17, 15) is 4.79 Å². The van der Waals surface area contributed by atoms with E-state index < -0.39 is 0 Å². The van der Waals surface area contributed by atoms with E-state index in [1.54, 1.807) is 11.9 Å². The number of hydrogen-bond acceptors (Lipinski definition) is 3. The minimum atomic E-state index is -0.0495. The second-order valence-electron chi connectivity index (χ2n) is 3.78. The number of urea groups is 1. The molecule has 2 heterocycles. The lowest BCUT2D eigenvalue weighted by molar-refractivity contribution is 0.184. The smallest absolute Gasteiger partial charge is 0.317 e. The van der Waals surface area contributed by atoms with E-state index in [0.717, 1.165) is 30.8 Å². The molecule has 0 bridgehead atoms. The van der Waals surface area contributed by atoms with Crippen LogP contribution in [0.5, 0.6) is 0 Å². The molecule has 1 aromatic rings. The maximum atomic E-state index is 11.6. The fourth-order valence-corrected chi connectivity index (χ4v) is 1.99. The molecular weight excluding hydrogens is 194 g/mol. The van der Waals surface area contributed by atoms with E-state index in [2.05, 4.69) is 10.5 Å². The van der Waals surface area contributed by atoms with Crippen molar-refractivity contribution < 1.29 is 9.32 Å². The number of carbonyl (C=O) groups excluding carboxylic acids is 1. The molecule has 0 spiro atoms. The van der Waals surface area contributed by atoms with Crippen molar-refractivity contribution >= 4 is 6.03 Å². The van der Waals surface area contributed by atoms with Gasteiger partial charge in [-0.25, -0.2) is 4.79 Å². The number of nitrogens with one attached hydrogen (secondary N) is 1. The van der Waals surface area contributed by atoms with Crippen LogP contribution in [0.15, 0.2) is 10.6 Å². The molecule has 5 nitrogen and oxygen atoms in total. The monoisotopic (exact) mass is 209 g/mol. The van der Waals surface area contributed by atoms with E-state index >= 15 is 0 Å². The van der Waals surface area contributed by atoms with Gasteiger partial charge in [0, 0.05) is 19.7 Å². The highest BCUT2D eigenvalue weighted by Gasteiger charge is 2.31. The summed E-state index contributed by atoms with van der Waals surface area (Å²) in [4.78, 5) is 13.3. The summed E-state index contributed by atoms with van der Waals surface area (Å²) in [5.74, 6) is 0.786. The first-order valence-electron chi connectivity index (χ1n) is 5.14. The largest absolute Gasteiger partial charge is 0.359 e. The molecular formula is C10H15N3O2. The molecule has 1 N–H and O–H groups in total. The highest BCUT2D eigenvalue weighted by atomic mass is 16.5. The lowest BCUT2D eigenvalue weighted by atomic mass is 10.1. The van der Waals surface area contributed by atoms with E-state index in [0.29, 0.717) is 0 Å². The van der Waals surface area contributed by atoms with E-state index in [1.807, 2.05) is 13.0 Å². The fraction of sp³-hybridized carbons (Fsp3) is 0.600. The second-order valence-corrected chi connectivity index (χ2v) is 3.78. The van der Waals surface area contributed by atoms with E-state index in [1.165, 1.54) is 0 Å². The summed E-state index contributed by atoms with van der Waals surface area (Å²) in [5.41, 5.74) is 0.855. The number of hydrogen-bond donors (Lipinski definition) is 1. The zero-order chi connectivity index (χ0) is 10.8. The van der Waals surface area contributed by atoms with Gasteiger partial charge >= 0.3 is 6.03 Å². The number of amides is 2. The van der Waals surface area contributed by atoms with Crippen molar-refractivity contribution in [3.05, 3.63) is 17.5 Å². The van der Waals surface area contributed by atoms with Gasteiger partial charge in [-0.3, -0.25) is 0 Å². The Bertz CT molecular complexity index is 361. The summed E-state index contributed by atoms with van der Waals surface area (Å²) in [6.07, 6.45) is 1.96. The molecule has 0 aliphatic carbocycles. The van der Waals surface area contributed by atoms with E-state index in [4.69, 9.17) is 4.52 Å². The predicted octanol–water partition coefficient (Wildman–Crippen LogP) is 1.46. The van der Waals surface area contributed by atoms with Crippen LogP contribution in [-0.2, 0) is 0 Å². The number of aryl methyl sites for hydroxylation is 1. The third-order valence-corrected chi connectivity index (χ3v) is 2.70.